The zero-order valence-corrected chi connectivity index (χ0v) is 14.3. The van der Waals surface area contributed by atoms with Gasteiger partial charge in [-0.05, 0) is 44.2 Å². The van der Waals surface area contributed by atoms with Crippen LogP contribution in [-0.4, -0.2) is 23.9 Å². The van der Waals surface area contributed by atoms with Gasteiger partial charge in [-0.15, -0.1) is 0 Å². The summed E-state index contributed by atoms with van der Waals surface area (Å²) < 4.78 is 5.19. The second kappa shape index (κ2) is 8.10. The summed E-state index contributed by atoms with van der Waals surface area (Å²) in [4.78, 5) is 35.4. The van der Waals surface area contributed by atoms with Gasteiger partial charge in [0.15, 0.2) is 6.10 Å². The number of aryl methyl sites for hydroxylation is 1. The van der Waals surface area contributed by atoms with E-state index in [-0.39, 0.29) is 11.5 Å². The van der Waals surface area contributed by atoms with Crippen LogP contribution in [0.3, 0.4) is 0 Å². The van der Waals surface area contributed by atoms with Crippen LogP contribution in [0.2, 0.25) is 0 Å². The highest BCUT2D eigenvalue weighted by Crippen LogP contribution is 2.14. The first kappa shape index (κ1) is 18.2. The third-order valence-electron chi connectivity index (χ3n) is 3.39. The molecule has 0 bridgehead atoms. The maximum absolute atomic E-state index is 12.2. The van der Waals surface area contributed by atoms with Crippen molar-refractivity contribution in [3.63, 3.8) is 0 Å². The SMILES string of the molecule is CC(=O)Nc1cccc(C(=O)O[C@@H](C)C(=O)Nc2ccc(C)cc2)c1. The number of benzene rings is 2. The molecule has 0 aliphatic carbocycles. The summed E-state index contributed by atoms with van der Waals surface area (Å²) in [7, 11) is 0. The molecule has 0 aliphatic rings. The minimum Gasteiger partial charge on any atom is -0.449 e. The first-order chi connectivity index (χ1) is 11.8. The number of carbonyl (C=O) groups is 3. The Hall–Kier alpha value is -3.15. The zero-order chi connectivity index (χ0) is 18.4. The lowest BCUT2D eigenvalue weighted by atomic mass is 10.2. The molecule has 2 aromatic carbocycles. The van der Waals surface area contributed by atoms with Crippen molar-refractivity contribution in [3.8, 4) is 0 Å². The summed E-state index contributed by atoms with van der Waals surface area (Å²) in [5.41, 5.74) is 2.45. The van der Waals surface area contributed by atoms with Crippen LogP contribution in [0.1, 0.15) is 29.8 Å². The lowest BCUT2D eigenvalue weighted by Crippen LogP contribution is -2.30. The van der Waals surface area contributed by atoms with E-state index < -0.39 is 18.0 Å². The molecule has 2 amide bonds. The van der Waals surface area contributed by atoms with Gasteiger partial charge in [0, 0.05) is 18.3 Å². The Morgan fingerprint density at radius 3 is 2.28 bits per heavy atom. The van der Waals surface area contributed by atoms with Crippen LogP contribution in [0.25, 0.3) is 0 Å². The standard InChI is InChI=1S/C19H20N2O4/c1-12-7-9-16(10-8-12)21-18(23)13(2)25-19(24)15-5-4-6-17(11-15)20-14(3)22/h4-11,13H,1-3H3,(H,20,22)(H,21,23)/t13-/m0/s1. The van der Waals surface area contributed by atoms with E-state index in [1.165, 1.54) is 19.9 Å². The molecule has 0 unspecified atom stereocenters. The Labute approximate surface area is 146 Å². The van der Waals surface area contributed by atoms with Gasteiger partial charge in [0.05, 0.1) is 5.56 Å². The first-order valence-electron chi connectivity index (χ1n) is 7.81. The summed E-state index contributed by atoms with van der Waals surface area (Å²) in [6, 6.07) is 13.6. The van der Waals surface area contributed by atoms with E-state index in [2.05, 4.69) is 10.6 Å². The fourth-order valence-electron chi connectivity index (χ4n) is 2.09. The molecule has 2 aromatic rings. The molecule has 2 N–H and O–H groups in total. The molecule has 0 saturated heterocycles. The summed E-state index contributed by atoms with van der Waals surface area (Å²) >= 11 is 0. The van der Waals surface area contributed by atoms with Crippen LogP contribution in [0.15, 0.2) is 48.5 Å². The molecule has 0 radical (unpaired) electrons. The Morgan fingerprint density at radius 2 is 1.64 bits per heavy atom. The molecule has 6 nitrogen and oxygen atoms in total. The monoisotopic (exact) mass is 340 g/mol. The minimum atomic E-state index is -0.960. The van der Waals surface area contributed by atoms with E-state index in [1.54, 1.807) is 30.3 Å². The number of amides is 2. The second-order valence-electron chi connectivity index (χ2n) is 5.66. The third kappa shape index (κ3) is 5.46. The van der Waals surface area contributed by atoms with E-state index in [1.807, 2.05) is 19.1 Å². The molecule has 25 heavy (non-hydrogen) atoms. The molecular formula is C19H20N2O4. The van der Waals surface area contributed by atoms with Crippen LogP contribution >= 0.6 is 0 Å². The van der Waals surface area contributed by atoms with Gasteiger partial charge in [-0.1, -0.05) is 23.8 Å². The predicted octanol–water partition coefficient (Wildman–Crippen LogP) is 3.14. The fraction of sp³-hybridized carbons (Fsp3) is 0.211. The van der Waals surface area contributed by atoms with E-state index in [4.69, 9.17) is 4.74 Å². The highest BCUT2D eigenvalue weighted by atomic mass is 16.5. The molecule has 0 spiro atoms. The van der Waals surface area contributed by atoms with Gasteiger partial charge in [-0.2, -0.15) is 0 Å². The number of ether oxygens (including phenoxy) is 1. The molecule has 0 fully saturated rings. The van der Waals surface area contributed by atoms with Gasteiger partial charge in [-0.3, -0.25) is 9.59 Å². The molecule has 0 heterocycles. The van der Waals surface area contributed by atoms with Crippen molar-refractivity contribution in [3.05, 3.63) is 59.7 Å². The fourth-order valence-corrected chi connectivity index (χ4v) is 2.09. The smallest absolute Gasteiger partial charge is 0.338 e. The van der Waals surface area contributed by atoms with Crippen LogP contribution in [-0.2, 0) is 14.3 Å². The number of hydrogen-bond donors (Lipinski definition) is 2. The van der Waals surface area contributed by atoms with Gasteiger partial charge in [0.2, 0.25) is 5.91 Å². The third-order valence-corrected chi connectivity index (χ3v) is 3.39. The van der Waals surface area contributed by atoms with Gasteiger partial charge in [-0.25, -0.2) is 4.79 Å². The lowest BCUT2D eigenvalue weighted by Gasteiger charge is -2.14. The Balaban J connectivity index is 1.98. The van der Waals surface area contributed by atoms with Crippen LogP contribution < -0.4 is 10.6 Å². The van der Waals surface area contributed by atoms with Crippen molar-refractivity contribution in [2.75, 3.05) is 10.6 Å². The highest BCUT2D eigenvalue weighted by Gasteiger charge is 2.19. The van der Waals surface area contributed by atoms with Gasteiger partial charge < -0.3 is 15.4 Å². The van der Waals surface area contributed by atoms with Crippen LogP contribution in [0.4, 0.5) is 11.4 Å². The Morgan fingerprint density at radius 1 is 0.960 bits per heavy atom. The number of hydrogen-bond acceptors (Lipinski definition) is 4. The van der Waals surface area contributed by atoms with Crippen molar-refractivity contribution in [2.45, 2.75) is 26.9 Å². The van der Waals surface area contributed by atoms with E-state index >= 15 is 0 Å². The molecule has 0 aromatic heterocycles. The average molecular weight is 340 g/mol. The molecule has 0 aliphatic heterocycles. The lowest BCUT2D eigenvalue weighted by molar-refractivity contribution is -0.123. The normalized spacial score (nSPS) is 11.3. The van der Waals surface area contributed by atoms with Crippen molar-refractivity contribution in [1.29, 1.82) is 0 Å². The van der Waals surface area contributed by atoms with E-state index in [0.717, 1.165) is 5.56 Å². The number of esters is 1. The first-order valence-corrected chi connectivity index (χ1v) is 7.81. The Kier molecular flexibility index (Phi) is 5.89. The largest absolute Gasteiger partial charge is 0.449 e. The zero-order valence-electron chi connectivity index (χ0n) is 14.3. The van der Waals surface area contributed by atoms with E-state index in [0.29, 0.717) is 11.4 Å². The van der Waals surface area contributed by atoms with Crippen molar-refractivity contribution in [1.82, 2.24) is 0 Å². The van der Waals surface area contributed by atoms with Gasteiger partial charge in [0.25, 0.3) is 5.91 Å². The molecular weight excluding hydrogens is 320 g/mol. The van der Waals surface area contributed by atoms with Gasteiger partial charge in [0.1, 0.15) is 0 Å². The molecule has 130 valence electrons. The highest BCUT2D eigenvalue weighted by molar-refractivity contribution is 5.98. The predicted molar refractivity (Wildman–Crippen MR) is 95.4 cm³/mol. The van der Waals surface area contributed by atoms with Crippen molar-refractivity contribution in [2.24, 2.45) is 0 Å². The van der Waals surface area contributed by atoms with E-state index in [9.17, 15) is 14.4 Å². The molecule has 0 saturated carbocycles. The number of anilines is 2. The maximum atomic E-state index is 12.2. The summed E-state index contributed by atoms with van der Waals surface area (Å²) in [6.45, 7) is 4.83. The summed E-state index contributed by atoms with van der Waals surface area (Å²) in [6.07, 6.45) is -0.960. The van der Waals surface area contributed by atoms with Crippen molar-refractivity contribution >= 4 is 29.2 Å². The number of rotatable bonds is 5. The number of nitrogens with one attached hydrogen (secondary N) is 2. The second-order valence-corrected chi connectivity index (χ2v) is 5.66. The van der Waals surface area contributed by atoms with Crippen LogP contribution in [0.5, 0.6) is 0 Å². The molecule has 2 rings (SSSR count). The van der Waals surface area contributed by atoms with Crippen molar-refractivity contribution < 1.29 is 19.1 Å². The van der Waals surface area contributed by atoms with Gasteiger partial charge >= 0.3 is 5.97 Å². The number of carbonyl (C=O) groups excluding carboxylic acids is 3. The summed E-state index contributed by atoms with van der Waals surface area (Å²) in [5, 5.41) is 5.28. The molecule has 1 atom stereocenters. The Bertz CT molecular complexity index is 784. The molecule has 6 heteroatoms. The van der Waals surface area contributed by atoms with Crippen LogP contribution in [0, 0.1) is 6.92 Å². The summed E-state index contributed by atoms with van der Waals surface area (Å²) in [5.74, 6) is -1.30. The maximum Gasteiger partial charge on any atom is 0.338 e. The average Bonchev–Trinajstić information content (AvgIpc) is 2.56. The quantitative estimate of drug-likeness (QED) is 0.819. The minimum absolute atomic E-state index is 0.239. The topological polar surface area (TPSA) is 84.5 Å².